The van der Waals surface area contributed by atoms with Crippen LogP contribution in [0, 0.1) is 0 Å². The van der Waals surface area contributed by atoms with Gasteiger partial charge in [0.25, 0.3) is 0 Å². The van der Waals surface area contributed by atoms with Crippen LogP contribution in [0.2, 0.25) is 5.02 Å². The minimum Gasteiger partial charge on any atom is -0.487 e. The highest BCUT2D eigenvalue weighted by molar-refractivity contribution is 6.31. The average molecular weight is 327 g/mol. The minimum absolute atomic E-state index is 0.0556. The molecule has 0 saturated carbocycles. The van der Waals surface area contributed by atoms with E-state index in [-0.39, 0.29) is 30.8 Å². The normalized spacial score (nSPS) is 17.4. The number of amides is 1. The molecule has 1 aliphatic heterocycles. The van der Waals surface area contributed by atoms with Crippen LogP contribution in [0.4, 0.5) is 0 Å². The number of esters is 1. The van der Waals surface area contributed by atoms with E-state index in [4.69, 9.17) is 21.1 Å². The van der Waals surface area contributed by atoms with Crippen molar-refractivity contribution in [1.29, 1.82) is 0 Å². The topological polar surface area (TPSA) is 68.7 Å². The van der Waals surface area contributed by atoms with Gasteiger partial charge in [0.05, 0.1) is 19.6 Å². The summed E-state index contributed by atoms with van der Waals surface area (Å²) in [6, 6.07) is 1.70. The van der Waals surface area contributed by atoms with Gasteiger partial charge in [-0.1, -0.05) is 11.6 Å². The molecule has 1 fully saturated rings. The van der Waals surface area contributed by atoms with E-state index in [2.05, 4.69) is 4.98 Å². The van der Waals surface area contributed by atoms with Crippen LogP contribution in [0.3, 0.4) is 0 Å². The maximum Gasteiger partial charge on any atom is 0.306 e. The smallest absolute Gasteiger partial charge is 0.306 e. The molecule has 0 aromatic carbocycles. The third kappa shape index (κ3) is 4.59. The van der Waals surface area contributed by atoms with Crippen molar-refractivity contribution < 1.29 is 19.1 Å². The predicted molar refractivity (Wildman–Crippen MR) is 80.7 cm³/mol. The van der Waals surface area contributed by atoms with Gasteiger partial charge in [0.1, 0.15) is 16.9 Å². The van der Waals surface area contributed by atoms with Gasteiger partial charge in [0, 0.05) is 37.8 Å². The summed E-state index contributed by atoms with van der Waals surface area (Å²) in [7, 11) is 0. The summed E-state index contributed by atoms with van der Waals surface area (Å²) < 4.78 is 10.6. The molecule has 6 nitrogen and oxygen atoms in total. The highest BCUT2D eigenvalue weighted by Gasteiger charge is 2.28. The van der Waals surface area contributed by atoms with E-state index in [1.54, 1.807) is 24.1 Å². The molecule has 120 valence electrons. The molecular formula is C15H19ClN2O4. The number of aromatic nitrogens is 1. The van der Waals surface area contributed by atoms with Crippen LogP contribution < -0.4 is 4.74 Å². The van der Waals surface area contributed by atoms with Crippen LogP contribution in [0.15, 0.2) is 18.5 Å². The molecular weight excluding hydrogens is 308 g/mol. The number of likely N-dealkylation sites (tertiary alicyclic amines) is 1. The maximum absolute atomic E-state index is 12.0. The molecule has 1 aliphatic rings. The number of carbonyl (C=O) groups is 2. The first-order valence-corrected chi connectivity index (χ1v) is 7.67. The van der Waals surface area contributed by atoms with Crippen molar-refractivity contribution in [2.45, 2.75) is 32.3 Å². The van der Waals surface area contributed by atoms with E-state index < -0.39 is 0 Å². The van der Waals surface area contributed by atoms with Crippen molar-refractivity contribution >= 4 is 23.5 Å². The lowest BCUT2D eigenvalue weighted by atomic mass is 10.3. The lowest BCUT2D eigenvalue weighted by molar-refractivity contribution is -0.145. The number of carbonyl (C=O) groups excluding carboxylic acids is 2. The number of pyridine rings is 1. The fraction of sp³-hybridized carbons (Fsp3) is 0.533. The second kappa shape index (κ2) is 7.98. The highest BCUT2D eigenvalue weighted by Crippen LogP contribution is 2.25. The minimum atomic E-state index is -0.341. The van der Waals surface area contributed by atoms with Crippen LogP contribution in [0.25, 0.3) is 0 Å². The Bertz CT molecular complexity index is 538. The maximum atomic E-state index is 12.0. The molecule has 1 atom stereocenters. The fourth-order valence-corrected chi connectivity index (χ4v) is 2.45. The summed E-state index contributed by atoms with van der Waals surface area (Å²) in [5.41, 5.74) is 0. The lowest BCUT2D eigenvalue weighted by Gasteiger charge is -2.17. The van der Waals surface area contributed by atoms with Crippen molar-refractivity contribution in [2.75, 3.05) is 19.7 Å². The fourth-order valence-electron chi connectivity index (χ4n) is 2.29. The molecule has 22 heavy (non-hydrogen) atoms. The van der Waals surface area contributed by atoms with Gasteiger partial charge in [-0.15, -0.1) is 0 Å². The van der Waals surface area contributed by atoms with Gasteiger partial charge in [-0.3, -0.25) is 14.6 Å². The van der Waals surface area contributed by atoms with E-state index in [0.717, 1.165) is 6.42 Å². The number of halogens is 1. The Morgan fingerprint density at radius 3 is 3.00 bits per heavy atom. The molecule has 0 radical (unpaired) electrons. The quantitative estimate of drug-likeness (QED) is 0.748. The summed E-state index contributed by atoms with van der Waals surface area (Å²) in [4.78, 5) is 28.9. The van der Waals surface area contributed by atoms with Crippen LogP contribution in [-0.2, 0) is 14.3 Å². The molecule has 1 aromatic rings. The van der Waals surface area contributed by atoms with Gasteiger partial charge in [0.2, 0.25) is 5.91 Å². The van der Waals surface area contributed by atoms with Gasteiger partial charge >= 0.3 is 5.97 Å². The zero-order valence-electron chi connectivity index (χ0n) is 12.5. The predicted octanol–water partition coefficient (Wildman–Crippen LogP) is 2.06. The Balaban J connectivity index is 1.78. The third-order valence-electron chi connectivity index (χ3n) is 3.37. The SMILES string of the molecule is CCOC(=O)CCC(=O)N1CC[C@H](Oc2ccncc2Cl)C1. The van der Waals surface area contributed by atoms with E-state index in [1.807, 2.05) is 0 Å². The van der Waals surface area contributed by atoms with Crippen LogP contribution in [0.1, 0.15) is 26.2 Å². The summed E-state index contributed by atoms with van der Waals surface area (Å²) >= 11 is 6.00. The van der Waals surface area contributed by atoms with Gasteiger partial charge in [-0.25, -0.2) is 0 Å². The molecule has 0 aliphatic carbocycles. The molecule has 1 aromatic heterocycles. The molecule has 7 heteroatoms. The summed E-state index contributed by atoms with van der Waals surface area (Å²) in [6.45, 7) is 3.20. The molecule has 0 N–H and O–H groups in total. The Morgan fingerprint density at radius 2 is 2.27 bits per heavy atom. The summed E-state index contributed by atoms with van der Waals surface area (Å²) in [5, 5.41) is 0.453. The molecule has 1 saturated heterocycles. The zero-order chi connectivity index (χ0) is 15.9. The zero-order valence-corrected chi connectivity index (χ0v) is 13.2. The molecule has 2 heterocycles. The molecule has 0 spiro atoms. The van der Waals surface area contributed by atoms with Crippen LogP contribution in [-0.4, -0.2) is 47.6 Å². The Hall–Kier alpha value is -1.82. The first-order valence-electron chi connectivity index (χ1n) is 7.29. The molecule has 0 bridgehead atoms. The van der Waals surface area contributed by atoms with Crippen molar-refractivity contribution in [2.24, 2.45) is 0 Å². The van der Waals surface area contributed by atoms with E-state index >= 15 is 0 Å². The first kappa shape index (κ1) is 16.5. The van der Waals surface area contributed by atoms with Gasteiger partial charge in [0.15, 0.2) is 0 Å². The number of nitrogens with zero attached hydrogens (tertiary/aromatic N) is 2. The van der Waals surface area contributed by atoms with Crippen molar-refractivity contribution in [3.05, 3.63) is 23.5 Å². The largest absolute Gasteiger partial charge is 0.487 e. The number of ether oxygens (including phenoxy) is 2. The first-order chi connectivity index (χ1) is 10.6. The number of hydrogen-bond acceptors (Lipinski definition) is 5. The van der Waals surface area contributed by atoms with E-state index in [0.29, 0.717) is 30.5 Å². The molecule has 0 unspecified atom stereocenters. The third-order valence-corrected chi connectivity index (χ3v) is 3.66. The second-order valence-electron chi connectivity index (χ2n) is 4.98. The van der Waals surface area contributed by atoms with Crippen molar-refractivity contribution in [3.8, 4) is 5.75 Å². The lowest BCUT2D eigenvalue weighted by Crippen LogP contribution is -2.31. The van der Waals surface area contributed by atoms with Crippen LogP contribution >= 0.6 is 11.6 Å². The molecule has 1 amide bonds. The summed E-state index contributed by atoms with van der Waals surface area (Å²) in [5.74, 6) is 0.175. The van der Waals surface area contributed by atoms with E-state index in [9.17, 15) is 9.59 Å². The molecule has 2 rings (SSSR count). The van der Waals surface area contributed by atoms with Gasteiger partial charge in [-0.2, -0.15) is 0 Å². The van der Waals surface area contributed by atoms with Gasteiger partial charge < -0.3 is 14.4 Å². The standard InChI is InChI=1S/C15H19ClN2O4/c1-2-21-15(20)4-3-14(19)18-8-6-11(10-18)22-13-5-7-17-9-12(13)16/h5,7,9,11H,2-4,6,8,10H2,1H3/t11-/m0/s1. The van der Waals surface area contributed by atoms with E-state index in [1.165, 1.54) is 6.20 Å². The highest BCUT2D eigenvalue weighted by atomic mass is 35.5. The number of hydrogen-bond donors (Lipinski definition) is 0. The Labute approximate surface area is 134 Å². The van der Waals surface area contributed by atoms with Crippen molar-refractivity contribution in [3.63, 3.8) is 0 Å². The summed E-state index contributed by atoms with van der Waals surface area (Å²) in [6.07, 6.45) is 4.06. The second-order valence-corrected chi connectivity index (χ2v) is 5.39. The van der Waals surface area contributed by atoms with Crippen LogP contribution in [0.5, 0.6) is 5.75 Å². The van der Waals surface area contributed by atoms with Crippen molar-refractivity contribution in [1.82, 2.24) is 9.88 Å². The number of rotatable bonds is 6. The Morgan fingerprint density at radius 1 is 1.45 bits per heavy atom. The van der Waals surface area contributed by atoms with Gasteiger partial charge in [-0.05, 0) is 6.92 Å². The Kier molecular flexibility index (Phi) is 6.00. The average Bonchev–Trinajstić information content (AvgIpc) is 2.96. The monoisotopic (exact) mass is 326 g/mol.